The Morgan fingerprint density at radius 3 is 2.59 bits per heavy atom. The van der Waals surface area contributed by atoms with Crippen molar-refractivity contribution in [3.05, 3.63) is 40.5 Å². The standard InChI is InChI=1S/C18H22ClN5O2S/c1-12-16(17(20-2)27-22-12)18(26)24-9-7-23(8-10-24)11-15(25)21-14-6-4-3-5-13(14)19/h3-6,20H,7-11H2,1-2H3,(H,21,25). The van der Waals surface area contributed by atoms with Gasteiger partial charge < -0.3 is 15.5 Å². The van der Waals surface area contributed by atoms with Crippen LogP contribution in [0, 0.1) is 6.92 Å². The molecule has 3 rings (SSSR count). The van der Waals surface area contributed by atoms with Crippen molar-refractivity contribution in [1.29, 1.82) is 0 Å². The number of nitrogens with one attached hydrogen (secondary N) is 2. The van der Waals surface area contributed by atoms with Crippen LogP contribution in [-0.4, -0.2) is 65.8 Å². The number of carbonyl (C=O) groups excluding carboxylic acids is 2. The molecule has 0 unspecified atom stereocenters. The fourth-order valence-corrected chi connectivity index (χ4v) is 3.93. The van der Waals surface area contributed by atoms with Crippen molar-refractivity contribution in [3.8, 4) is 0 Å². The number of piperazine rings is 1. The third kappa shape index (κ3) is 4.58. The molecule has 0 atom stereocenters. The molecule has 0 bridgehead atoms. The number of hydrogen-bond acceptors (Lipinski definition) is 6. The maximum Gasteiger partial charge on any atom is 0.258 e. The second kappa shape index (κ2) is 8.69. The molecular weight excluding hydrogens is 386 g/mol. The van der Waals surface area contributed by atoms with Crippen molar-refractivity contribution in [2.24, 2.45) is 0 Å². The largest absolute Gasteiger partial charge is 0.378 e. The predicted molar refractivity (Wildman–Crippen MR) is 109 cm³/mol. The highest BCUT2D eigenvalue weighted by Crippen LogP contribution is 2.26. The number of rotatable bonds is 5. The first-order valence-electron chi connectivity index (χ1n) is 8.69. The molecule has 2 aromatic rings. The Labute approximate surface area is 167 Å². The zero-order valence-electron chi connectivity index (χ0n) is 15.3. The van der Waals surface area contributed by atoms with Gasteiger partial charge in [-0.15, -0.1) is 0 Å². The predicted octanol–water partition coefficient (Wildman–Crippen LogP) is 2.54. The van der Waals surface area contributed by atoms with Gasteiger partial charge in [0.1, 0.15) is 5.00 Å². The maximum absolute atomic E-state index is 12.8. The number of benzene rings is 1. The summed E-state index contributed by atoms with van der Waals surface area (Å²) in [6.45, 7) is 4.57. The summed E-state index contributed by atoms with van der Waals surface area (Å²) in [5, 5.41) is 7.17. The molecule has 2 amide bonds. The zero-order valence-corrected chi connectivity index (χ0v) is 16.9. The first kappa shape index (κ1) is 19.6. The molecule has 0 aliphatic carbocycles. The molecule has 27 heavy (non-hydrogen) atoms. The Morgan fingerprint density at radius 1 is 1.22 bits per heavy atom. The Morgan fingerprint density at radius 2 is 1.93 bits per heavy atom. The summed E-state index contributed by atoms with van der Waals surface area (Å²) in [5.74, 6) is -0.121. The van der Waals surface area contributed by atoms with E-state index in [1.54, 1.807) is 19.2 Å². The van der Waals surface area contributed by atoms with Gasteiger partial charge in [0.25, 0.3) is 5.91 Å². The van der Waals surface area contributed by atoms with E-state index in [1.165, 1.54) is 11.5 Å². The van der Waals surface area contributed by atoms with E-state index in [1.807, 2.05) is 28.9 Å². The molecule has 0 saturated carbocycles. The van der Waals surface area contributed by atoms with Gasteiger partial charge in [0.05, 0.1) is 28.5 Å². The van der Waals surface area contributed by atoms with E-state index >= 15 is 0 Å². The molecule has 0 spiro atoms. The van der Waals surface area contributed by atoms with Crippen molar-refractivity contribution >= 4 is 45.6 Å². The van der Waals surface area contributed by atoms with Crippen LogP contribution in [0.25, 0.3) is 0 Å². The molecule has 1 aromatic carbocycles. The Balaban J connectivity index is 1.53. The van der Waals surface area contributed by atoms with Crippen LogP contribution >= 0.6 is 23.1 Å². The highest BCUT2D eigenvalue weighted by molar-refractivity contribution is 7.10. The third-order valence-electron chi connectivity index (χ3n) is 4.48. The van der Waals surface area contributed by atoms with E-state index in [4.69, 9.17) is 11.6 Å². The Bertz CT molecular complexity index is 833. The SMILES string of the molecule is CNc1snc(C)c1C(=O)N1CCN(CC(=O)Nc2ccccc2Cl)CC1. The van der Waals surface area contributed by atoms with Crippen molar-refractivity contribution in [2.75, 3.05) is 50.4 Å². The van der Waals surface area contributed by atoms with E-state index in [0.717, 1.165) is 10.7 Å². The van der Waals surface area contributed by atoms with Crippen molar-refractivity contribution < 1.29 is 9.59 Å². The van der Waals surface area contributed by atoms with Gasteiger partial charge in [-0.25, -0.2) is 0 Å². The second-order valence-electron chi connectivity index (χ2n) is 6.32. The molecule has 7 nitrogen and oxygen atoms in total. The van der Waals surface area contributed by atoms with Crippen LogP contribution < -0.4 is 10.6 Å². The molecule has 1 aliphatic rings. The van der Waals surface area contributed by atoms with Crippen molar-refractivity contribution in [1.82, 2.24) is 14.2 Å². The summed E-state index contributed by atoms with van der Waals surface area (Å²) in [6.07, 6.45) is 0. The van der Waals surface area contributed by atoms with Crippen LogP contribution in [0.5, 0.6) is 0 Å². The highest BCUT2D eigenvalue weighted by Gasteiger charge is 2.27. The lowest BCUT2D eigenvalue weighted by atomic mass is 10.2. The molecule has 1 aliphatic heterocycles. The molecular formula is C18H22ClN5O2S. The number of halogens is 1. The molecule has 9 heteroatoms. The summed E-state index contributed by atoms with van der Waals surface area (Å²) < 4.78 is 4.26. The van der Waals surface area contributed by atoms with E-state index < -0.39 is 0 Å². The Kier molecular flexibility index (Phi) is 6.30. The minimum atomic E-state index is -0.113. The average molecular weight is 408 g/mol. The monoisotopic (exact) mass is 407 g/mol. The quantitative estimate of drug-likeness (QED) is 0.796. The van der Waals surface area contributed by atoms with E-state index in [2.05, 4.69) is 15.0 Å². The highest BCUT2D eigenvalue weighted by atomic mass is 35.5. The first-order valence-corrected chi connectivity index (χ1v) is 9.84. The van der Waals surface area contributed by atoms with Crippen LogP contribution in [0.2, 0.25) is 5.02 Å². The average Bonchev–Trinajstić information content (AvgIpc) is 3.04. The van der Waals surface area contributed by atoms with Crippen molar-refractivity contribution in [3.63, 3.8) is 0 Å². The van der Waals surface area contributed by atoms with E-state index in [0.29, 0.717) is 42.5 Å². The van der Waals surface area contributed by atoms with Crippen LogP contribution in [-0.2, 0) is 4.79 Å². The fourth-order valence-electron chi connectivity index (χ4n) is 3.01. The van der Waals surface area contributed by atoms with Crippen LogP contribution in [0.3, 0.4) is 0 Å². The smallest absolute Gasteiger partial charge is 0.258 e. The normalized spacial score (nSPS) is 14.9. The number of amides is 2. The summed E-state index contributed by atoms with van der Waals surface area (Å²) in [4.78, 5) is 28.9. The molecule has 2 heterocycles. The molecule has 1 fully saturated rings. The lowest BCUT2D eigenvalue weighted by Crippen LogP contribution is -2.50. The van der Waals surface area contributed by atoms with Gasteiger partial charge in [-0.1, -0.05) is 23.7 Å². The summed E-state index contributed by atoms with van der Waals surface area (Å²) >= 11 is 7.37. The maximum atomic E-state index is 12.8. The van der Waals surface area contributed by atoms with Gasteiger partial charge in [-0.2, -0.15) is 4.37 Å². The number of aryl methyl sites for hydroxylation is 1. The molecule has 1 aromatic heterocycles. The van der Waals surface area contributed by atoms with Gasteiger partial charge in [0, 0.05) is 33.2 Å². The summed E-state index contributed by atoms with van der Waals surface area (Å²) in [7, 11) is 1.79. The number of para-hydroxylation sites is 1. The topological polar surface area (TPSA) is 77.6 Å². The minimum Gasteiger partial charge on any atom is -0.378 e. The third-order valence-corrected chi connectivity index (χ3v) is 5.76. The number of nitrogens with zero attached hydrogens (tertiary/aromatic N) is 3. The van der Waals surface area contributed by atoms with Crippen LogP contribution in [0.15, 0.2) is 24.3 Å². The van der Waals surface area contributed by atoms with Crippen LogP contribution in [0.1, 0.15) is 16.1 Å². The van der Waals surface area contributed by atoms with Gasteiger partial charge >= 0.3 is 0 Å². The second-order valence-corrected chi connectivity index (χ2v) is 7.50. The minimum absolute atomic E-state index is 0.00855. The van der Waals surface area contributed by atoms with E-state index in [9.17, 15) is 9.59 Å². The van der Waals surface area contributed by atoms with Crippen molar-refractivity contribution in [2.45, 2.75) is 6.92 Å². The lowest BCUT2D eigenvalue weighted by Gasteiger charge is -2.34. The van der Waals surface area contributed by atoms with Gasteiger partial charge in [0.15, 0.2) is 0 Å². The number of hydrogen-bond donors (Lipinski definition) is 2. The lowest BCUT2D eigenvalue weighted by molar-refractivity contribution is -0.117. The summed E-state index contributed by atoms with van der Waals surface area (Å²) in [6, 6.07) is 7.15. The number of aromatic nitrogens is 1. The van der Waals surface area contributed by atoms with Gasteiger partial charge in [-0.3, -0.25) is 14.5 Å². The number of anilines is 2. The molecule has 144 valence electrons. The fraction of sp³-hybridized carbons (Fsp3) is 0.389. The van der Waals surface area contributed by atoms with Gasteiger partial charge in [0.2, 0.25) is 5.91 Å². The zero-order chi connectivity index (χ0) is 19.4. The van der Waals surface area contributed by atoms with E-state index in [-0.39, 0.29) is 18.4 Å². The van der Waals surface area contributed by atoms with Gasteiger partial charge in [-0.05, 0) is 30.6 Å². The molecule has 1 saturated heterocycles. The van der Waals surface area contributed by atoms with Crippen LogP contribution in [0.4, 0.5) is 10.7 Å². The molecule has 0 radical (unpaired) electrons. The molecule has 2 N–H and O–H groups in total. The number of carbonyl (C=O) groups is 2. The first-order chi connectivity index (χ1) is 13.0. The Hall–Kier alpha value is -2.16. The summed E-state index contributed by atoms with van der Waals surface area (Å²) in [5.41, 5.74) is 2.00.